The van der Waals surface area contributed by atoms with E-state index >= 15 is 0 Å². The van der Waals surface area contributed by atoms with Crippen LogP contribution in [0.4, 0.5) is 0 Å². The Morgan fingerprint density at radius 3 is 2.56 bits per heavy atom. The average molecular weight is 234 g/mol. The number of rotatable bonds is 1. The number of aryl methyl sites for hydroxylation is 2. The number of hydrogen-bond acceptors (Lipinski definition) is 2. The van der Waals surface area contributed by atoms with E-state index in [1.54, 1.807) is 6.20 Å². The lowest BCUT2D eigenvalue weighted by molar-refractivity contribution is 0.686. The highest BCUT2D eigenvalue weighted by Gasteiger charge is 2.10. The Balaban J connectivity index is 1.98. The van der Waals surface area contributed by atoms with Gasteiger partial charge in [0, 0.05) is 11.8 Å². The van der Waals surface area contributed by atoms with E-state index in [1.165, 1.54) is 36.8 Å². The number of pyridine rings is 1. The van der Waals surface area contributed by atoms with E-state index in [0.717, 1.165) is 11.3 Å². The SMILES string of the molecule is N#Cc1ccc(-c2ccc3c(c2)CCCC3)nc1. The van der Waals surface area contributed by atoms with Crippen molar-refractivity contribution < 1.29 is 0 Å². The van der Waals surface area contributed by atoms with Crippen LogP contribution >= 0.6 is 0 Å². The molecule has 2 nitrogen and oxygen atoms in total. The third-order valence-corrected chi connectivity index (χ3v) is 3.54. The quantitative estimate of drug-likeness (QED) is 0.757. The highest BCUT2D eigenvalue weighted by atomic mass is 14.7. The van der Waals surface area contributed by atoms with Gasteiger partial charge in [0.05, 0.1) is 11.3 Å². The van der Waals surface area contributed by atoms with Gasteiger partial charge in [0.25, 0.3) is 0 Å². The second kappa shape index (κ2) is 4.62. The zero-order valence-corrected chi connectivity index (χ0v) is 10.2. The molecule has 0 radical (unpaired) electrons. The lowest BCUT2D eigenvalue weighted by Crippen LogP contribution is -2.02. The summed E-state index contributed by atoms with van der Waals surface area (Å²) in [6.45, 7) is 0. The molecule has 0 atom stereocenters. The summed E-state index contributed by atoms with van der Waals surface area (Å²) in [6.07, 6.45) is 6.61. The first kappa shape index (κ1) is 11.0. The topological polar surface area (TPSA) is 36.7 Å². The van der Waals surface area contributed by atoms with Gasteiger partial charge in [-0.2, -0.15) is 5.26 Å². The Bertz CT molecular complexity index is 606. The van der Waals surface area contributed by atoms with Crippen molar-refractivity contribution in [2.45, 2.75) is 25.7 Å². The molecule has 88 valence electrons. The van der Waals surface area contributed by atoms with E-state index in [0.29, 0.717) is 5.56 Å². The predicted molar refractivity (Wildman–Crippen MR) is 71.0 cm³/mol. The van der Waals surface area contributed by atoms with Crippen molar-refractivity contribution in [3.63, 3.8) is 0 Å². The van der Waals surface area contributed by atoms with Gasteiger partial charge in [-0.25, -0.2) is 0 Å². The van der Waals surface area contributed by atoms with Crippen molar-refractivity contribution in [1.29, 1.82) is 5.26 Å². The molecule has 1 aliphatic rings. The van der Waals surface area contributed by atoms with Crippen molar-refractivity contribution in [3.8, 4) is 17.3 Å². The van der Waals surface area contributed by atoms with Crippen LogP contribution in [0.5, 0.6) is 0 Å². The van der Waals surface area contributed by atoms with Crippen molar-refractivity contribution in [3.05, 3.63) is 53.2 Å². The van der Waals surface area contributed by atoms with E-state index in [1.807, 2.05) is 12.1 Å². The van der Waals surface area contributed by atoms with Crippen LogP contribution in [0.1, 0.15) is 29.5 Å². The summed E-state index contributed by atoms with van der Waals surface area (Å²) in [4.78, 5) is 4.35. The molecule has 3 rings (SSSR count). The monoisotopic (exact) mass is 234 g/mol. The highest BCUT2D eigenvalue weighted by Crippen LogP contribution is 2.26. The lowest BCUT2D eigenvalue weighted by Gasteiger charge is -2.16. The average Bonchev–Trinajstić information content (AvgIpc) is 2.47. The molecule has 0 unspecified atom stereocenters. The van der Waals surface area contributed by atoms with Gasteiger partial charge >= 0.3 is 0 Å². The molecule has 18 heavy (non-hydrogen) atoms. The number of hydrogen-bond donors (Lipinski definition) is 0. The molecule has 0 aliphatic heterocycles. The van der Waals surface area contributed by atoms with Gasteiger partial charge in [0.1, 0.15) is 6.07 Å². The van der Waals surface area contributed by atoms with Gasteiger partial charge in [-0.05, 0) is 55.0 Å². The molecular formula is C16H14N2. The molecule has 0 saturated carbocycles. The molecule has 0 fully saturated rings. The summed E-state index contributed by atoms with van der Waals surface area (Å²) >= 11 is 0. The Labute approximate surface area is 107 Å². The zero-order chi connectivity index (χ0) is 12.4. The largest absolute Gasteiger partial charge is 0.255 e. The van der Waals surface area contributed by atoms with Crippen LogP contribution in [0.2, 0.25) is 0 Å². The van der Waals surface area contributed by atoms with E-state index in [4.69, 9.17) is 5.26 Å². The Morgan fingerprint density at radius 1 is 1.00 bits per heavy atom. The summed E-state index contributed by atoms with van der Waals surface area (Å²) in [5.41, 5.74) is 5.66. The van der Waals surface area contributed by atoms with Crippen LogP contribution < -0.4 is 0 Å². The Hall–Kier alpha value is -2.14. The van der Waals surface area contributed by atoms with Gasteiger partial charge in [-0.3, -0.25) is 4.98 Å². The molecule has 1 heterocycles. The Morgan fingerprint density at radius 2 is 1.83 bits per heavy atom. The molecule has 1 aromatic heterocycles. The van der Waals surface area contributed by atoms with E-state index in [-0.39, 0.29) is 0 Å². The minimum atomic E-state index is 0.608. The molecule has 1 aliphatic carbocycles. The third-order valence-electron chi connectivity index (χ3n) is 3.54. The van der Waals surface area contributed by atoms with Crippen LogP contribution in [0, 0.1) is 11.3 Å². The number of fused-ring (bicyclic) bond motifs is 1. The van der Waals surface area contributed by atoms with E-state index in [9.17, 15) is 0 Å². The second-order valence-electron chi connectivity index (χ2n) is 4.73. The first-order chi connectivity index (χ1) is 8.86. The van der Waals surface area contributed by atoms with Crippen molar-refractivity contribution in [2.75, 3.05) is 0 Å². The predicted octanol–water partition coefficient (Wildman–Crippen LogP) is 3.50. The molecule has 0 N–H and O–H groups in total. The van der Waals surface area contributed by atoms with E-state index < -0.39 is 0 Å². The Kier molecular flexibility index (Phi) is 2.82. The van der Waals surface area contributed by atoms with E-state index in [2.05, 4.69) is 29.3 Å². The molecule has 0 saturated heterocycles. The molecule has 2 heteroatoms. The number of aromatic nitrogens is 1. The van der Waals surface area contributed by atoms with Crippen molar-refractivity contribution in [2.24, 2.45) is 0 Å². The minimum Gasteiger partial charge on any atom is -0.255 e. The highest BCUT2D eigenvalue weighted by molar-refractivity contribution is 5.61. The fourth-order valence-corrected chi connectivity index (χ4v) is 2.52. The summed E-state index contributed by atoms with van der Waals surface area (Å²) in [5, 5.41) is 8.77. The third kappa shape index (κ3) is 2.00. The minimum absolute atomic E-state index is 0.608. The molecule has 1 aromatic carbocycles. The van der Waals surface area contributed by atoms with Gasteiger partial charge in [-0.1, -0.05) is 12.1 Å². The first-order valence-electron chi connectivity index (χ1n) is 6.35. The van der Waals surface area contributed by atoms with Gasteiger partial charge in [0.15, 0.2) is 0 Å². The van der Waals surface area contributed by atoms with Gasteiger partial charge in [0.2, 0.25) is 0 Å². The number of nitrogens with zero attached hydrogens (tertiary/aromatic N) is 2. The molecule has 0 bridgehead atoms. The summed E-state index contributed by atoms with van der Waals surface area (Å²) < 4.78 is 0. The van der Waals surface area contributed by atoms with Crippen LogP contribution in [-0.4, -0.2) is 4.98 Å². The fraction of sp³-hybridized carbons (Fsp3) is 0.250. The van der Waals surface area contributed by atoms with Crippen molar-refractivity contribution >= 4 is 0 Å². The standard InChI is InChI=1S/C16H14N2/c17-10-12-5-8-16(18-11-12)15-7-6-13-3-1-2-4-14(13)9-15/h5-9,11H,1-4H2. The van der Waals surface area contributed by atoms with Gasteiger partial charge < -0.3 is 0 Å². The number of nitriles is 1. The zero-order valence-electron chi connectivity index (χ0n) is 10.2. The molecule has 0 amide bonds. The number of benzene rings is 1. The molecular weight excluding hydrogens is 220 g/mol. The van der Waals surface area contributed by atoms with Crippen molar-refractivity contribution in [1.82, 2.24) is 4.98 Å². The lowest BCUT2D eigenvalue weighted by atomic mass is 9.90. The molecule has 2 aromatic rings. The van der Waals surface area contributed by atoms with Crippen LogP contribution in [0.25, 0.3) is 11.3 Å². The van der Waals surface area contributed by atoms with Gasteiger partial charge in [-0.15, -0.1) is 0 Å². The van der Waals surface area contributed by atoms with Crippen LogP contribution in [0.15, 0.2) is 36.5 Å². The summed E-state index contributed by atoms with van der Waals surface area (Å²) in [7, 11) is 0. The first-order valence-corrected chi connectivity index (χ1v) is 6.35. The normalized spacial score (nSPS) is 13.7. The van der Waals surface area contributed by atoms with Crippen LogP contribution in [-0.2, 0) is 12.8 Å². The fourth-order valence-electron chi connectivity index (χ4n) is 2.52. The second-order valence-corrected chi connectivity index (χ2v) is 4.73. The maximum absolute atomic E-state index is 8.77. The molecule has 0 spiro atoms. The summed E-state index contributed by atoms with van der Waals surface area (Å²) in [6, 6.07) is 12.5. The smallest absolute Gasteiger partial charge is 0.101 e. The maximum atomic E-state index is 8.77. The summed E-state index contributed by atoms with van der Waals surface area (Å²) in [5.74, 6) is 0. The maximum Gasteiger partial charge on any atom is 0.101 e. The van der Waals surface area contributed by atoms with Crippen LogP contribution in [0.3, 0.4) is 0 Å².